The van der Waals surface area contributed by atoms with Crippen LogP contribution in [0.3, 0.4) is 0 Å². The minimum Gasteiger partial charge on any atom is -0.389 e. The molecule has 1 heterocycles. The predicted molar refractivity (Wildman–Crippen MR) is 74.8 cm³/mol. The number of methoxy groups -OCH3 is 1. The quantitative estimate of drug-likeness (QED) is 0.684. The van der Waals surface area contributed by atoms with Crippen LogP contribution < -0.4 is 5.32 Å². The molecule has 0 saturated carbocycles. The molecule has 4 heteroatoms. The zero-order valence-electron chi connectivity index (χ0n) is 12.2. The van der Waals surface area contributed by atoms with E-state index < -0.39 is 0 Å². The summed E-state index contributed by atoms with van der Waals surface area (Å²) in [5, 5.41) is 13.4. The number of aliphatic hydroxyl groups excluding tert-OH is 1. The van der Waals surface area contributed by atoms with Crippen molar-refractivity contribution in [1.82, 2.24) is 10.2 Å². The molecule has 2 unspecified atom stereocenters. The van der Waals surface area contributed by atoms with Crippen molar-refractivity contribution in [3.05, 3.63) is 0 Å². The highest BCUT2D eigenvalue weighted by molar-refractivity contribution is 4.80. The number of ether oxygens (including phenoxy) is 1. The third kappa shape index (κ3) is 6.14. The first-order valence-corrected chi connectivity index (χ1v) is 7.25. The van der Waals surface area contributed by atoms with Crippen molar-refractivity contribution in [2.75, 3.05) is 39.9 Å². The molecule has 0 aromatic carbocycles. The average molecular weight is 258 g/mol. The maximum absolute atomic E-state index is 9.85. The van der Waals surface area contributed by atoms with Gasteiger partial charge in [0.2, 0.25) is 0 Å². The molecule has 0 aliphatic carbocycles. The number of nitrogens with zero attached hydrogens (tertiary/aromatic N) is 1. The predicted octanol–water partition coefficient (Wildman–Crippen LogP) is 1.09. The smallest absolute Gasteiger partial charge is 0.0900 e. The summed E-state index contributed by atoms with van der Waals surface area (Å²) in [5.41, 5.74) is 0. The van der Waals surface area contributed by atoms with Gasteiger partial charge in [0.1, 0.15) is 0 Å². The van der Waals surface area contributed by atoms with Gasteiger partial charge in [0.05, 0.1) is 12.7 Å². The third-order valence-corrected chi connectivity index (χ3v) is 3.49. The van der Waals surface area contributed by atoms with Crippen LogP contribution >= 0.6 is 0 Å². The molecule has 0 radical (unpaired) electrons. The molecule has 0 aromatic rings. The molecule has 108 valence electrons. The van der Waals surface area contributed by atoms with Crippen molar-refractivity contribution in [3.63, 3.8) is 0 Å². The summed E-state index contributed by atoms with van der Waals surface area (Å²) >= 11 is 0. The lowest BCUT2D eigenvalue weighted by Gasteiger charge is -2.37. The van der Waals surface area contributed by atoms with Crippen molar-refractivity contribution in [1.29, 1.82) is 0 Å². The SMILES string of the molecule is COCC(O)CN1CCCCC1CNCC(C)C. The number of hydrogen-bond acceptors (Lipinski definition) is 4. The lowest BCUT2D eigenvalue weighted by atomic mass is 10.0. The second-order valence-electron chi connectivity index (χ2n) is 5.81. The summed E-state index contributed by atoms with van der Waals surface area (Å²) in [6, 6.07) is 0.573. The van der Waals surface area contributed by atoms with E-state index in [4.69, 9.17) is 4.74 Å². The van der Waals surface area contributed by atoms with Gasteiger partial charge in [-0.25, -0.2) is 0 Å². The minimum absolute atomic E-state index is 0.360. The molecule has 2 N–H and O–H groups in total. The fourth-order valence-corrected chi connectivity index (χ4v) is 2.59. The van der Waals surface area contributed by atoms with E-state index >= 15 is 0 Å². The summed E-state index contributed by atoms with van der Waals surface area (Å²) in [5.74, 6) is 0.695. The summed E-state index contributed by atoms with van der Waals surface area (Å²) < 4.78 is 5.00. The van der Waals surface area contributed by atoms with Crippen LogP contribution in [0.25, 0.3) is 0 Å². The topological polar surface area (TPSA) is 44.7 Å². The molecule has 0 spiro atoms. The van der Waals surface area contributed by atoms with Crippen LogP contribution in [0.1, 0.15) is 33.1 Å². The summed E-state index contributed by atoms with van der Waals surface area (Å²) in [4.78, 5) is 2.42. The Morgan fingerprint density at radius 3 is 2.83 bits per heavy atom. The maximum Gasteiger partial charge on any atom is 0.0900 e. The van der Waals surface area contributed by atoms with E-state index in [0.717, 1.165) is 26.2 Å². The minimum atomic E-state index is -0.360. The number of likely N-dealkylation sites (tertiary alicyclic amines) is 1. The summed E-state index contributed by atoms with van der Waals surface area (Å²) in [7, 11) is 1.64. The zero-order chi connectivity index (χ0) is 13.4. The lowest BCUT2D eigenvalue weighted by Crippen LogP contribution is -2.49. The largest absolute Gasteiger partial charge is 0.389 e. The van der Waals surface area contributed by atoms with Crippen molar-refractivity contribution < 1.29 is 9.84 Å². The molecule has 1 aliphatic heterocycles. The van der Waals surface area contributed by atoms with Crippen LogP contribution in [-0.2, 0) is 4.74 Å². The molecule has 1 fully saturated rings. The Labute approximate surface area is 112 Å². The number of rotatable bonds is 8. The van der Waals surface area contributed by atoms with Gasteiger partial charge in [-0.15, -0.1) is 0 Å². The van der Waals surface area contributed by atoms with Gasteiger partial charge in [0.25, 0.3) is 0 Å². The summed E-state index contributed by atoms with van der Waals surface area (Å²) in [6.07, 6.45) is 3.44. The zero-order valence-corrected chi connectivity index (χ0v) is 12.2. The highest BCUT2D eigenvalue weighted by Crippen LogP contribution is 2.16. The van der Waals surface area contributed by atoms with Crippen LogP contribution in [0.2, 0.25) is 0 Å². The average Bonchev–Trinajstić information content (AvgIpc) is 2.31. The Bertz CT molecular complexity index is 212. The number of piperidine rings is 1. The monoisotopic (exact) mass is 258 g/mol. The first-order chi connectivity index (χ1) is 8.63. The molecule has 0 bridgehead atoms. The second-order valence-corrected chi connectivity index (χ2v) is 5.81. The Hall–Kier alpha value is -0.160. The van der Waals surface area contributed by atoms with E-state index in [-0.39, 0.29) is 6.10 Å². The fourth-order valence-electron chi connectivity index (χ4n) is 2.59. The van der Waals surface area contributed by atoms with Gasteiger partial charge in [0.15, 0.2) is 0 Å². The number of aliphatic hydroxyl groups is 1. The van der Waals surface area contributed by atoms with E-state index in [9.17, 15) is 5.11 Å². The first-order valence-electron chi connectivity index (χ1n) is 7.25. The molecular weight excluding hydrogens is 228 g/mol. The van der Waals surface area contributed by atoms with Gasteiger partial charge in [-0.3, -0.25) is 4.90 Å². The van der Waals surface area contributed by atoms with Gasteiger partial charge in [0, 0.05) is 26.2 Å². The van der Waals surface area contributed by atoms with Crippen LogP contribution in [-0.4, -0.2) is 62.0 Å². The molecular formula is C14H30N2O2. The Morgan fingerprint density at radius 2 is 2.17 bits per heavy atom. The highest BCUT2D eigenvalue weighted by Gasteiger charge is 2.23. The van der Waals surface area contributed by atoms with Crippen molar-refractivity contribution in [2.24, 2.45) is 5.92 Å². The van der Waals surface area contributed by atoms with E-state index in [1.807, 2.05) is 0 Å². The maximum atomic E-state index is 9.85. The van der Waals surface area contributed by atoms with Crippen molar-refractivity contribution >= 4 is 0 Å². The van der Waals surface area contributed by atoms with E-state index in [2.05, 4.69) is 24.1 Å². The highest BCUT2D eigenvalue weighted by atomic mass is 16.5. The van der Waals surface area contributed by atoms with Crippen molar-refractivity contribution in [2.45, 2.75) is 45.3 Å². The van der Waals surface area contributed by atoms with E-state index in [1.165, 1.54) is 19.3 Å². The third-order valence-electron chi connectivity index (χ3n) is 3.49. The Balaban J connectivity index is 2.31. The van der Waals surface area contributed by atoms with Gasteiger partial charge in [-0.2, -0.15) is 0 Å². The first kappa shape index (κ1) is 15.9. The molecule has 1 aliphatic rings. The number of nitrogens with one attached hydrogen (secondary N) is 1. The van der Waals surface area contributed by atoms with Crippen LogP contribution in [0.5, 0.6) is 0 Å². The van der Waals surface area contributed by atoms with Gasteiger partial charge >= 0.3 is 0 Å². The molecule has 2 atom stereocenters. The molecule has 1 saturated heterocycles. The standard InChI is InChI=1S/C14H30N2O2/c1-12(2)8-15-9-13-6-4-5-7-16(13)10-14(17)11-18-3/h12-15,17H,4-11H2,1-3H3. The molecule has 1 rings (SSSR count). The van der Waals surface area contributed by atoms with Crippen LogP contribution in [0.15, 0.2) is 0 Å². The molecule has 18 heavy (non-hydrogen) atoms. The number of β-amino-alcohol motifs (C(OH)–C–C–N with tert-alkyl or cyclic N) is 1. The molecule has 0 aromatic heterocycles. The Kier molecular flexibility index (Phi) is 7.82. The van der Waals surface area contributed by atoms with E-state index in [0.29, 0.717) is 18.6 Å². The van der Waals surface area contributed by atoms with Crippen LogP contribution in [0.4, 0.5) is 0 Å². The van der Waals surface area contributed by atoms with Gasteiger partial charge < -0.3 is 15.2 Å². The van der Waals surface area contributed by atoms with E-state index in [1.54, 1.807) is 7.11 Å². The number of hydrogen-bond donors (Lipinski definition) is 2. The Morgan fingerprint density at radius 1 is 1.39 bits per heavy atom. The fraction of sp³-hybridized carbons (Fsp3) is 1.00. The van der Waals surface area contributed by atoms with Crippen LogP contribution in [0, 0.1) is 5.92 Å². The molecule has 0 amide bonds. The lowest BCUT2D eigenvalue weighted by molar-refractivity contribution is 0.0181. The van der Waals surface area contributed by atoms with Gasteiger partial charge in [-0.1, -0.05) is 20.3 Å². The normalized spacial score (nSPS) is 23.5. The second kappa shape index (κ2) is 8.86. The van der Waals surface area contributed by atoms with Gasteiger partial charge in [-0.05, 0) is 31.8 Å². The van der Waals surface area contributed by atoms with Crippen molar-refractivity contribution in [3.8, 4) is 0 Å². The molecule has 4 nitrogen and oxygen atoms in total. The summed E-state index contributed by atoms with van der Waals surface area (Å²) in [6.45, 7) is 8.85.